The molecule has 0 unspecified atom stereocenters. The molecule has 8 nitrogen and oxygen atoms in total. The first kappa shape index (κ1) is 25.3. The summed E-state index contributed by atoms with van der Waals surface area (Å²) in [5.74, 6) is 0.117. The van der Waals surface area contributed by atoms with Gasteiger partial charge in [0.15, 0.2) is 0 Å². The zero-order chi connectivity index (χ0) is 26.0. The van der Waals surface area contributed by atoms with E-state index in [1.54, 1.807) is 66.7 Å². The van der Waals surface area contributed by atoms with Gasteiger partial charge >= 0.3 is 0 Å². The quantitative estimate of drug-likeness (QED) is 0.478. The number of benzene rings is 3. The monoisotopic (exact) mass is 526 g/mol. The molecular formula is C26H23ClN2O6S. The van der Waals surface area contributed by atoms with Crippen LogP contribution in [0.1, 0.15) is 28.4 Å². The molecule has 1 heterocycles. The van der Waals surface area contributed by atoms with E-state index in [4.69, 9.17) is 21.1 Å². The molecule has 0 aliphatic carbocycles. The minimum absolute atomic E-state index is 0.0238. The molecule has 36 heavy (non-hydrogen) atoms. The Hall–Kier alpha value is -3.82. The average molecular weight is 527 g/mol. The van der Waals surface area contributed by atoms with Crippen molar-refractivity contribution in [3.63, 3.8) is 0 Å². The Morgan fingerprint density at radius 3 is 2.22 bits per heavy atom. The molecule has 3 aromatic carbocycles. The molecule has 0 spiro atoms. The van der Waals surface area contributed by atoms with E-state index in [-0.39, 0.29) is 22.9 Å². The van der Waals surface area contributed by atoms with Crippen LogP contribution in [-0.4, -0.2) is 38.8 Å². The van der Waals surface area contributed by atoms with Crippen molar-refractivity contribution in [2.45, 2.75) is 13.5 Å². The molecule has 0 fully saturated rings. The topological polar surface area (TPSA) is 102 Å². The Morgan fingerprint density at radius 1 is 0.972 bits per heavy atom. The number of nitrogens with zero attached hydrogens (tertiary/aromatic N) is 1. The first-order chi connectivity index (χ1) is 17.1. The molecule has 4 rings (SSSR count). The Bertz CT molecular complexity index is 1470. The number of hydrogen-bond donors (Lipinski definition) is 1. The molecule has 0 aromatic heterocycles. The van der Waals surface area contributed by atoms with Crippen LogP contribution in [0.4, 0.5) is 5.69 Å². The van der Waals surface area contributed by atoms with Crippen molar-refractivity contribution >= 4 is 44.0 Å². The fourth-order valence-electron chi connectivity index (χ4n) is 3.84. The highest BCUT2D eigenvalue weighted by Crippen LogP contribution is 2.37. The fraction of sp³-hybridized carbons (Fsp3) is 0.154. The van der Waals surface area contributed by atoms with Crippen LogP contribution in [0.25, 0.3) is 4.91 Å². The summed E-state index contributed by atoms with van der Waals surface area (Å²) in [7, 11) is -1.04. The van der Waals surface area contributed by atoms with Crippen LogP contribution in [0.15, 0.2) is 72.3 Å². The molecule has 0 bridgehead atoms. The smallest absolute Gasteiger partial charge is 0.268 e. The molecule has 0 radical (unpaired) electrons. The van der Waals surface area contributed by atoms with Gasteiger partial charge in [0, 0.05) is 16.8 Å². The number of carbonyl (C=O) groups is 2. The van der Waals surface area contributed by atoms with Crippen LogP contribution >= 0.6 is 11.6 Å². The van der Waals surface area contributed by atoms with Crippen molar-refractivity contribution in [3.8, 4) is 11.5 Å². The number of halogens is 1. The lowest BCUT2D eigenvalue weighted by molar-refractivity contribution is -0.122. The van der Waals surface area contributed by atoms with Crippen LogP contribution in [0, 0.1) is 0 Å². The Labute approximate surface area is 214 Å². The molecule has 0 saturated heterocycles. The molecule has 186 valence electrons. The third-order valence-corrected chi connectivity index (χ3v) is 7.97. The van der Waals surface area contributed by atoms with Crippen LogP contribution < -0.4 is 14.8 Å². The summed E-state index contributed by atoms with van der Waals surface area (Å²) in [4.78, 5) is 25.5. The molecule has 3 aromatic rings. The van der Waals surface area contributed by atoms with Crippen molar-refractivity contribution < 1.29 is 27.5 Å². The maximum Gasteiger partial charge on any atom is 0.268 e. The third kappa shape index (κ3) is 4.80. The Morgan fingerprint density at radius 2 is 1.64 bits per heavy atom. The highest BCUT2D eigenvalue weighted by Gasteiger charge is 2.42. The normalized spacial score (nSPS) is 14.7. The van der Waals surface area contributed by atoms with Crippen molar-refractivity contribution in [2.24, 2.45) is 0 Å². The first-order valence-electron chi connectivity index (χ1n) is 10.8. The summed E-state index contributed by atoms with van der Waals surface area (Å²) >= 11 is 6.10. The van der Waals surface area contributed by atoms with Gasteiger partial charge in [0.05, 0.1) is 25.8 Å². The van der Waals surface area contributed by atoms with Crippen molar-refractivity contribution in [1.29, 1.82) is 0 Å². The number of rotatable bonds is 7. The summed E-state index contributed by atoms with van der Waals surface area (Å²) in [5, 5.41) is 3.11. The minimum atomic E-state index is -4.05. The summed E-state index contributed by atoms with van der Waals surface area (Å²) < 4.78 is 37.6. The van der Waals surface area contributed by atoms with Crippen LogP contribution in [0.2, 0.25) is 5.02 Å². The summed E-state index contributed by atoms with van der Waals surface area (Å²) in [6, 6.07) is 17.7. The van der Waals surface area contributed by atoms with Crippen molar-refractivity contribution in [1.82, 2.24) is 4.31 Å². The standard InChI is InChI=1S/C26H23ClN2O6S/c1-16-24(18-8-11-21(34-2)12-9-18)36(32,33)29(26(16)31)15-17-4-6-19(7-5-17)25(30)28-20-10-13-23(35-3)22(27)14-20/h4-14H,15H2,1-3H3,(H,28,30). The summed E-state index contributed by atoms with van der Waals surface area (Å²) in [6.07, 6.45) is 0. The van der Waals surface area contributed by atoms with Crippen molar-refractivity contribution in [3.05, 3.63) is 94.0 Å². The lowest BCUT2D eigenvalue weighted by Crippen LogP contribution is -2.30. The SMILES string of the molecule is COc1ccc(C2=C(C)C(=O)N(Cc3ccc(C(=O)Nc4ccc(OC)c(Cl)c4)cc3)S2(=O)=O)cc1. The second-order valence-corrected chi connectivity index (χ2v) is 10.2. The Kier molecular flexibility index (Phi) is 7.05. The predicted octanol–water partition coefficient (Wildman–Crippen LogP) is 4.71. The van der Waals surface area contributed by atoms with E-state index in [0.29, 0.717) is 38.9 Å². The second-order valence-electron chi connectivity index (χ2n) is 8.00. The van der Waals surface area contributed by atoms with Gasteiger partial charge in [-0.05, 0) is 72.6 Å². The number of amides is 2. The maximum atomic E-state index is 13.3. The van der Waals surface area contributed by atoms with E-state index in [0.717, 1.165) is 4.31 Å². The molecule has 1 aliphatic heterocycles. The second kappa shape index (κ2) is 10.0. The maximum absolute atomic E-state index is 13.3. The van der Waals surface area contributed by atoms with Gasteiger partial charge in [0.1, 0.15) is 16.4 Å². The fourth-order valence-corrected chi connectivity index (χ4v) is 5.90. The van der Waals surface area contributed by atoms with E-state index in [1.165, 1.54) is 21.1 Å². The van der Waals surface area contributed by atoms with Gasteiger partial charge in [-0.25, -0.2) is 12.7 Å². The van der Waals surface area contributed by atoms with Crippen LogP contribution in [0.5, 0.6) is 11.5 Å². The van der Waals surface area contributed by atoms with Crippen molar-refractivity contribution in [2.75, 3.05) is 19.5 Å². The van der Waals surface area contributed by atoms with Gasteiger partial charge in [-0.15, -0.1) is 0 Å². The van der Waals surface area contributed by atoms with Gasteiger partial charge in [-0.3, -0.25) is 9.59 Å². The first-order valence-corrected chi connectivity index (χ1v) is 12.6. The molecule has 1 N–H and O–H groups in total. The van der Waals surface area contributed by atoms with Gasteiger partial charge in [0.25, 0.3) is 21.8 Å². The van der Waals surface area contributed by atoms with Gasteiger partial charge in [-0.2, -0.15) is 0 Å². The molecule has 2 amide bonds. The molecule has 10 heteroatoms. The number of anilines is 1. The van der Waals surface area contributed by atoms with E-state index < -0.39 is 15.9 Å². The third-order valence-electron chi connectivity index (χ3n) is 5.74. The zero-order valence-corrected chi connectivity index (χ0v) is 21.3. The minimum Gasteiger partial charge on any atom is -0.497 e. The van der Waals surface area contributed by atoms with Crippen LogP contribution in [0.3, 0.4) is 0 Å². The van der Waals surface area contributed by atoms with E-state index in [9.17, 15) is 18.0 Å². The summed E-state index contributed by atoms with van der Waals surface area (Å²) in [5.41, 5.74) is 1.97. The number of hydrogen-bond acceptors (Lipinski definition) is 6. The molecular weight excluding hydrogens is 504 g/mol. The number of nitrogens with one attached hydrogen (secondary N) is 1. The van der Waals surface area contributed by atoms with Gasteiger partial charge < -0.3 is 14.8 Å². The molecule has 0 atom stereocenters. The van der Waals surface area contributed by atoms with E-state index in [1.807, 2.05) is 0 Å². The highest BCUT2D eigenvalue weighted by molar-refractivity contribution is 7.99. The number of sulfonamides is 1. The van der Waals surface area contributed by atoms with Gasteiger partial charge in [0.2, 0.25) is 0 Å². The van der Waals surface area contributed by atoms with Crippen LogP contribution in [-0.2, 0) is 21.4 Å². The zero-order valence-electron chi connectivity index (χ0n) is 19.7. The lowest BCUT2D eigenvalue weighted by Gasteiger charge is -2.17. The number of methoxy groups -OCH3 is 2. The van der Waals surface area contributed by atoms with E-state index >= 15 is 0 Å². The average Bonchev–Trinajstić information content (AvgIpc) is 3.03. The molecule has 1 aliphatic rings. The highest BCUT2D eigenvalue weighted by atomic mass is 35.5. The Balaban J connectivity index is 1.49. The lowest BCUT2D eigenvalue weighted by atomic mass is 10.1. The van der Waals surface area contributed by atoms with E-state index in [2.05, 4.69) is 5.32 Å². The predicted molar refractivity (Wildman–Crippen MR) is 137 cm³/mol. The summed E-state index contributed by atoms with van der Waals surface area (Å²) in [6.45, 7) is 1.34. The van der Waals surface area contributed by atoms with Gasteiger partial charge in [-0.1, -0.05) is 23.7 Å². The molecule has 0 saturated carbocycles. The number of carbonyl (C=O) groups excluding carboxylic acids is 2. The largest absolute Gasteiger partial charge is 0.497 e. The number of ether oxygens (including phenoxy) is 2.